The molecule has 2 aromatic carbocycles. The number of rotatable bonds is 5. The number of carbonyl (C=O) groups is 1. The van der Waals surface area contributed by atoms with Gasteiger partial charge in [0.25, 0.3) is 0 Å². The minimum absolute atomic E-state index is 0.236. The fourth-order valence-corrected chi connectivity index (χ4v) is 5.27. The molecule has 0 amide bonds. The summed E-state index contributed by atoms with van der Waals surface area (Å²) in [6.07, 6.45) is 4.37. The van der Waals surface area contributed by atoms with Crippen molar-refractivity contribution in [3.63, 3.8) is 0 Å². The van der Waals surface area contributed by atoms with Crippen molar-refractivity contribution in [1.82, 2.24) is 4.90 Å². The van der Waals surface area contributed by atoms with Gasteiger partial charge in [-0.3, -0.25) is 4.79 Å². The molecule has 3 saturated heterocycles. The Morgan fingerprint density at radius 2 is 1.50 bits per heavy atom. The van der Waals surface area contributed by atoms with Crippen LogP contribution in [-0.2, 0) is 14.9 Å². The highest BCUT2D eigenvalue weighted by molar-refractivity contribution is 6.30. The van der Waals surface area contributed by atoms with Crippen molar-refractivity contribution < 1.29 is 9.53 Å². The summed E-state index contributed by atoms with van der Waals surface area (Å²) < 4.78 is 5.38. The first-order chi connectivity index (χ1) is 13.5. The Balaban J connectivity index is 1.83. The lowest BCUT2D eigenvalue weighted by atomic mass is 9.67. The van der Waals surface area contributed by atoms with Gasteiger partial charge in [0.15, 0.2) is 0 Å². The van der Waals surface area contributed by atoms with Gasteiger partial charge >= 0.3 is 5.97 Å². The molecule has 148 valence electrons. The second kappa shape index (κ2) is 8.06. The molecule has 0 aromatic heterocycles. The maximum Gasteiger partial charge on any atom is 0.320 e. The Kier molecular flexibility index (Phi) is 5.69. The number of methoxy groups -OCH3 is 1. The first-order valence-electron chi connectivity index (χ1n) is 9.87. The monoisotopic (exact) mass is 417 g/mol. The zero-order chi connectivity index (χ0) is 19.7. The largest absolute Gasteiger partial charge is 0.468 e. The summed E-state index contributed by atoms with van der Waals surface area (Å²) in [5.74, 6) is 0.528. The zero-order valence-electron chi connectivity index (χ0n) is 16.0. The van der Waals surface area contributed by atoms with Crippen LogP contribution in [0.3, 0.4) is 0 Å². The first-order valence-corrected chi connectivity index (χ1v) is 10.6. The molecule has 3 fully saturated rings. The normalized spacial score (nSPS) is 24.2. The van der Waals surface area contributed by atoms with E-state index in [9.17, 15) is 4.79 Å². The number of piperidine rings is 3. The van der Waals surface area contributed by atoms with Gasteiger partial charge in [-0.05, 0) is 80.1 Å². The van der Waals surface area contributed by atoms with Crippen LogP contribution in [0.4, 0.5) is 0 Å². The summed E-state index contributed by atoms with van der Waals surface area (Å²) in [6.45, 7) is 2.24. The molecule has 2 bridgehead atoms. The van der Waals surface area contributed by atoms with Crippen LogP contribution in [0.25, 0.3) is 0 Å². The first kappa shape index (κ1) is 19.8. The van der Waals surface area contributed by atoms with Gasteiger partial charge in [-0.1, -0.05) is 47.5 Å². The minimum atomic E-state index is -0.883. The molecule has 0 saturated carbocycles. The lowest BCUT2D eigenvalue weighted by Crippen LogP contribution is -2.53. The van der Waals surface area contributed by atoms with Crippen LogP contribution < -0.4 is 0 Å². The van der Waals surface area contributed by atoms with E-state index in [4.69, 9.17) is 27.9 Å². The topological polar surface area (TPSA) is 29.5 Å². The summed E-state index contributed by atoms with van der Waals surface area (Å²) in [5, 5.41) is 1.30. The summed E-state index contributed by atoms with van der Waals surface area (Å²) in [6, 6.07) is 15.5. The molecular weight excluding hydrogens is 393 g/mol. The molecule has 28 heavy (non-hydrogen) atoms. The van der Waals surface area contributed by atoms with E-state index in [1.807, 2.05) is 48.5 Å². The summed E-state index contributed by atoms with van der Waals surface area (Å²) in [4.78, 5) is 15.9. The number of esters is 1. The van der Waals surface area contributed by atoms with Crippen molar-refractivity contribution in [2.75, 3.05) is 20.2 Å². The summed E-state index contributed by atoms with van der Waals surface area (Å²) >= 11 is 12.3. The molecule has 3 aliphatic rings. The molecule has 0 spiro atoms. The van der Waals surface area contributed by atoms with E-state index in [1.165, 1.54) is 20.0 Å². The molecule has 0 N–H and O–H groups in total. The number of halogens is 2. The van der Waals surface area contributed by atoms with Crippen LogP contribution in [0.1, 0.15) is 36.8 Å². The van der Waals surface area contributed by atoms with Crippen molar-refractivity contribution in [3.05, 3.63) is 69.7 Å². The molecule has 5 rings (SSSR count). The second-order valence-corrected chi connectivity index (χ2v) is 8.86. The van der Waals surface area contributed by atoms with Crippen LogP contribution >= 0.6 is 23.2 Å². The van der Waals surface area contributed by atoms with Crippen LogP contribution in [0.2, 0.25) is 10.0 Å². The fraction of sp³-hybridized carbons (Fsp3) is 0.435. The standard InChI is InChI=1S/C23H25Cl2NO2/c1-28-22(27)23(17-2-6-19(24)7-3-17,18-4-8-20(25)9-5-18)15-21-14-16-10-12-26(21)13-11-16/h2-9,16,21H,10-15H2,1H3. The average molecular weight is 418 g/mol. The molecule has 3 nitrogen and oxygen atoms in total. The van der Waals surface area contributed by atoms with Crippen molar-refractivity contribution >= 4 is 29.2 Å². The van der Waals surface area contributed by atoms with Crippen LogP contribution in [0, 0.1) is 5.92 Å². The summed E-state index contributed by atoms with van der Waals surface area (Å²) in [7, 11) is 1.47. The SMILES string of the molecule is COC(=O)C(CC1CC2CCN1CC2)(c1ccc(Cl)cc1)c1ccc(Cl)cc1. The van der Waals surface area contributed by atoms with Gasteiger partial charge in [0, 0.05) is 16.1 Å². The van der Waals surface area contributed by atoms with Gasteiger partial charge in [-0.15, -0.1) is 0 Å². The van der Waals surface area contributed by atoms with Gasteiger partial charge in [0.05, 0.1) is 7.11 Å². The van der Waals surface area contributed by atoms with Crippen LogP contribution in [-0.4, -0.2) is 37.1 Å². The number of hydrogen-bond donors (Lipinski definition) is 0. The third kappa shape index (κ3) is 3.56. The van der Waals surface area contributed by atoms with Crippen molar-refractivity contribution in [1.29, 1.82) is 0 Å². The second-order valence-electron chi connectivity index (χ2n) is 7.98. The van der Waals surface area contributed by atoms with Gasteiger partial charge in [-0.2, -0.15) is 0 Å². The zero-order valence-corrected chi connectivity index (χ0v) is 17.5. The quantitative estimate of drug-likeness (QED) is 0.615. The predicted molar refractivity (Wildman–Crippen MR) is 113 cm³/mol. The highest BCUT2D eigenvalue weighted by Crippen LogP contribution is 2.44. The van der Waals surface area contributed by atoms with E-state index in [0.29, 0.717) is 22.5 Å². The maximum absolute atomic E-state index is 13.4. The van der Waals surface area contributed by atoms with Gasteiger partial charge < -0.3 is 9.64 Å². The molecule has 3 aliphatic heterocycles. The molecule has 1 unspecified atom stereocenters. The van der Waals surface area contributed by atoms with Crippen molar-refractivity contribution in [3.8, 4) is 0 Å². The summed E-state index contributed by atoms with van der Waals surface area (Å²) in [5.41, 5.74) is 0.939. The number of nitrogens with zero attached hydrogens (tertiary/aromatic N) is 1. The van der Waals surface area contributed by atoms with E-state index < -0.39 is 5.41 Å². The molecule has 0 aliphatic carbocycles. The van der Waals surface area contributed by atoms with Gasteiger partial charge in [0.1, 0.15) is 5.41 Å². The number of benzene rings is 2. The number of hydrogen-bond acceptors (Lipinski definition) is 3. The van der Waals surface area contributed by atoms with Crippen LogP contribution in [0.15, 0.2) is 48.5 Å². The van der Waals surface area contributed by atoms with Crippen molar-refractivity contribution in [2.24, 2.45) is 5.92 Å². The van der Waals surface area contributed by atoms with E-state index in [1.54, 1.807) is 0 Å². The predicted octanol–water partition coefficient (Wildman–Crippen LogP) is 5.33. The lowest BCUT2D eigenvalue weighted by Gasteiger charge is -2.48. The van der Waals surface area contributed by atoms with E-state index >= 15 is 0 Å². The van der Waals surface area contributed by atoms with Gasteiger partial charge in [0.2, 0.25) is 0 Å². The molecular formula is C23H25Cl2NO2. The van der Waals surface area contributed by atoms with E-state index in [2.05, 4.69) is 4.90 Å². The Hall–Kier alpha value is -1.55. The minimum Gasteiger partial charge on any atom is -0.468 e. The maximum atomic E-state index is 13.4. The third-order valence-electron chi connectivity index (χ3n) is 6.52. The smallest absolute Gasteiger partial charge is 0.320 e. The Labute approximate surface area is 176 Å². The van der Waals surface area contributed by atoms with E-state index in [-0.39, 0.29) is 5.97 Å². The van der Waals surface area contributed by atoms with Crippen molar-refractivity contribution in [2.45, 2.75) is 37.1 Å². The molecule has 3 heterocycles. The average Bonchev–Trinajstić information content (AvgIpc) is 2.73. The highest BCUT2D eigenvalue weighted by Gasteiger charge is 2.47. The highest BCUT2D eigenvalue weighted by atomic mass is 35.5. The Morgan fingerprint density at radius 1 is 1.00 bits per heavy atom. The number of ether oxygens (including phenoxy) is 1. The molecule has 5 heteroatoms. The Bertz CT molecular complexity index is 781. The molecule has 2 aromatic rings. The molecule has 0 radical (unpaired) electrons. The molecule has 1 atom stereocenters. The number of carbonyl (C=O) groups excluding carboxylic acids is 1. The fourth-order valence-electron chi connectivity index (χ4n) is 5.02. The Morgan fingerprint density at radius 3 is 1.89 bits per heavy atom. The lowest BCUT2D eigenvalue weighted by molar-refractivity contribution is -0.147. The third-order valence-corrected chi connectivity index (χ3v) is 7.02. The van der Waals surface area contributed by atoms with Gasteiger partial charge in [-0.25, -0.2) is 0 Å². The van der Waals surface area contributed by atoms with E-state index in [0.717, 1.165) is 36.6 Å². The van der Waals surface area contributed by atoms with Crippen LogP contribution in [0.5, 0.6) is 0 Å². The number of fused-ring (bicyclic) bond motifs is 3.